The van der Waals surface area contributed by atoms with Crippen molar-refractivity contribution in [1.82, 2.24) is 19.1 Å². The van der Waals surface area contributed by atoms with Crippen LogP contribution < -0.4 is 5.69 Å². The molecular formula is C19H15ClN4O. The molecule has 6 heteroatoms. The Bertz CT molecular complexity index is 1170. The van der Waals surface area contributed by atoms with E-state index in [1.807, 2.05) is 53.1 Å². The minimum atomic E-state index is -0.00317. The molecule has 0 aliphatic heterocycles. The molecule has 2 aromatic heterocycles. The average molecular weight is 351 g/mol. The number of imidazole rings is 1. The number of rotatable bonds is 3. The van der Waals surface area contributed by atoms with Gasteiger partial charge in [0, 0.05) is 11.4 Å². The number of para-hydroxylation sites is 3. The van der Waals surface area contributed by atoms with E-state index in [1.54, 1.807) is 4.57 Å². The third-order valence-corrected chi connectivity index (χ3v) is 4.97. The Hall–Kier alpha value is -2.66. The zero-order valence-corrected chi connectivity index (χ0v) is 14.1. The first kappa shape index (κ1) is 14.7. The molecule has 5 nitrogen and oxygen atoms in total. The summed E-state index contributed by atoms with van der Waals surface area (Å²) in [5.74, 6) is 0.546. The number of hydrogen-bond acceptors (Lipinski definition) is 3. The van der Waals surface area contributed by atoms with Crippen LogP contribution in [0, 0.1) is 0 Å². The van der Waals surface area contributed by atoms with Crippen LogP contribution in [0.2, 0.25) is 5.15 Å². The molecule has 0 bridgehead atoms. The molecule has 0 amide bonds. The Morgan fingerprint density at radius 2 is 1.72 bits per heavy atom. The molecule has 1 aliphatic carbocycles. The molecule has 2 heterocycles. The van der Waals surface area contributed by atoms with E-state index in [9.17, 15) is 4.79 Å². The SMILES string of the molecule is O=c1n(Cc2nc(Cl)c3ccccc3n2)c2ccccc2n1C1CC1. The zero-order chi connectivity index (χ0) is 17.0. The van der Waals surface area contributed by atoms with Gasteiger partial charge < -0.3 is 0 Å². The molecular weight excluding hydrogens is 336 g/mol. The highest BCUT2D eigenvalue weighted by atomic mass is 35.5. The lowest BCUT2D eigenvalue weighted by molar-refractivity contribution is 0.659. The van der Waals surface area contributed by atoms with Crippen LogP contribution in [0.4, 0.5) is 0 Å². The van der Waals surface area contributed by atoms with Crippen molar-refractivity contribution < 1.29 is 0 Å². The second-order valence-electron chi connectivity index (χ2n) is 6.41. The lowest BCUT2D eigenvalue weighted by Gasteiger charge is -2.05. The van der Waals surface area contributed by atoms with Gasteiger partial charge in [-0.25, -0.2) is 14.8 Å². The van der Waals surface area contributed by atoms with E-state index in [2.05, 4.69) is 9.97 Å². The van der Waals surface area contributed by atoms with Crippen LogP contribution in [0.1, 0.15) is 24.7 Å². The maximum atomic E-state index is 13.0. The van der Waals surface area contributed by atoms with E-state index < -0.39 is 0 Å². The minimum absolute atomic E-state index is 0.00317. The molecule has 0 unspecified atom stereocenters. The van der Waals surface area contributed by atoms with Crippen LogP contribution in [-0.4, -0.2) is 19.1 Å². The summed E-state index contributed by atoms with van der Waals surface area (Å²) in [6.45, 7) is 0.309. The average Bonchev–Trinajstić information content (AvgIpc) is 3.41. The smallest absolute Gasteiger partial charge is 0.289 e. The lowest BCUT2D eigenvalue weighted by atomic mass is 10.2. The van der Waals surface area contributed by atoms with Crippen LogP contribution in [0.15, 0.2) is 53.3 Å². The summed E-state index contributed by atoms with van der Waals surface area (Å²) in [7, 11) is 0. The fourth-order valence-electron chi connectivity index (χ4n) is 3.37. The summed E-state index contributed by atoms with van der Waals surface area (Å²) >= 11 is 6.31. The number of hydrogen-bond donors (Lipinski definition) is 0. The Kier molecular flexibility index (Phi) is 3.18. The summed E-state index contributed by atoms with van der Waals surface area (Å²) in [6, 6.07) is 15.8. The minimum Gasteiger partial charge on any atom is -0.289 e. The third kappa shape index (κ3) is 2.35. The van der Waals surface area contributed by atoms with E-state index >= 15 is 0 Å². The van der Waals surface area contributed by atoms with Crippen molar-refractivity contribution in [1.29, 1.82) is 0 Å². The van der Waals surface area contributed by atoms with Crippen molar-refractivity contribution in [2.24, 2.45) is 0 Å². The van der Waals surface area contributed by atoms with Gasteiger partial charge in [0.2, 0.25) is 0 Å². The monoisotopic (exact) mass is 350 g/mol. The standard InChI is InChI=1S/C19H15ClN4O/c20-18-13-5-1-2-6-14(13)21-17(22-18)11-23-15-7-3-4-8-16(15)24(19(23)25)12-9-10-12/h1-8,12H,9-11H2. The van der Waals surface area contributed by atoms with Gasteiger partial charge >= 0.3 is 5.69 Å². The molecule has 1 saturated carbocycles. The molecule has 0 radical (unpaired) electrons. The largest absolute Gasteiger partial charge is 0.329 e. The summed E-state index contributed by atoms with van der Waals surface area (Å²) in [5, 5.41) is 1.24. The molecule has 0 N–H and O–H groups in total. The maximum Gasteiger partial charge on any atom is 0.329 e. The number of halogens is 1. The zero-order valence-electron chi connectivity index (χ0n) is 13.4. The molecule has 25 heavy (non-hydrogen) atoms. The number of nitrogens with zero attached hydrogens (tertiary/aromatic N) is 4. The molecule has 4 aromatic rings. The highest BCUT2D eigenvalue weighted by Gasteiger charge is 2.28. The molecule has 1 aliphatic rings. The molecule has 1 fully saturated rings. The van der Waals surface area contributed by atoms with E-state index in [1.165, 1.54) is 0 Å². The van der Waals surface area contributed by atoms with E-state index in [0.717, 1.165) is 34.8 Å². The second-order valence-corrected chi connectivity index (χ2v) is 6.76. The Balaban J connectivity index is 1.68. The Labute approximate surface area is 148 Å². The molecule has 0 atom stereocenters. The predicted octanol–water partition coefficient (Wildman–Crippen LogP) is 3.78. The Morgan fingerprint density at radius 1 is 1.00 bits per heavy atom. The first-order valence-electron chi connectivity index (χ1n) is 8.33. The number of fused-ring (bicyclic) bond motifs is 2. The van der Waals surface area contributed by atoms with Crippen molar-refractivity contribution in [3.8, 4) is 0 Å². The molecule has 0 spiro atoms. The van der Waals surface area contributed by atoms with Gasteiger partial charge in [0.1, 0.15) is 5.15 Å². The van der Waals surface area contributed by atoms with Gasteiger partial charge in [-0.1, -0.05) is 35.9 Å². The summed E-state index contributed by atoms with van der Waals surface area (Å²) in [4.78, 5) is 21.9. The lowest BCUT2D eigenvalue weighted by Crippen LogP contribution is -2.24. The van der Waals surface area contributed by atoms with Gasteiger partial charge in [0.25, 0.3) is 0 Å². The molecule has 124 valence electrons. The fraction of sp³-hybridized carbons (Fsp3) is 0.211. The van der Waals surface area contributed by atoms with Gasteiger partial charge in [-0.05, 0) is 37.1 Å². The van der Waals surface area contributed by atoms with Gasteiger partial charge in [-0.15, -0.1) is 0 Å². The summed E-state index contributed by atoms with van der Waals surface area (Å²) < 4.78 is 3.64. The number of benzene rings is 2. The summed E-state index contributed by atoms with van der Waals surface area (Å²) in [5.41, 5.74) is 2.67. The van der Waals surface area contributed by atoms with Crippen LogP contribution in [0.5, 0.6) is 0 Å². The van der Waals surface area contributed by atoms with Crippen LogP contribution in [0.3, 0.4) is 0 Å². The first-order chi connectivity index (χ1) is 12.2. The van der Waals surface area contributed by atoms with E-state index in [0.29, 0.717) is 23.6 Å². The third-order valence-electron chi connectivity index (χ3n) is 4.68. The predicted molar refractivity (Wildman–Crippen MR) is 98.1 cm³/mol. The fourth-order valence-corrected chi connectivity index (χ4v) is 3.62. The quantitative estimate of drug-likeness (QED) is 0.528. The van der Waals surface area contributed by atoms with E-state index in [-0.39, 0.29) is 5.69 Å². The van der Waals surface area contributed by atoms with Crippen LogP contribution in [-0.2, 0) is 6.54 Å². The maximum absolute atomic E-state index is 13.0. The van der Waals surface area contributed by atoms with Gasteiger partial charge in [-0.2, -0.15) is 0 Å². The van der Waals surface area contributed by atoms with Crippen molar-refractivity contribution in [2.75, 3.05) is 0 Å². The highest BCUT2D eigenvalue weighted by molar-refractivity contribution is 6.34. The van der Waals surface area contributed by atoms with Gasteiger partial charge in [0.05, 0.1) is 23.1 Å². The van der Waals surface area contributed by atoms with Crippen molar-refractivity contribution in [3.63, 3.8) is 0 Å². The van der Waals surface area contributed by atoms with Crippen LogP contribution >= 0.6 is 11.6 Å². The molecule has 2 aromatic carbocycles. The van der Waals surface area contributed by atoms with Crippen molar-refractivity contribution in [3.05, 3.63) is 70.0 Å². The van der Waals surface area contributed by atoms with Crippen LogP contribution in [0.25, 0.3) is 21.9 Å². The van der Waals surface area contributed by atoms with Gasteiger partial charge in [-0.3, -0.25) is 9.13 Å². The highest BCUT2D eigenvalue weighted by Crippen LogP contribution is 2.36. The summed E-state index contributed by atoms with van der Waals surface area (Å²) in [6.07, 6.45) is 2.12. The normalized spacial score (nSPS) is 14.4. The van der Waals surface area contributed by atoms with Crippen molar-refractivity contribution in [2.45, 2.75) is 25.4 Å². The number of aromatic nitrogens is 4. The topological polar surface area (TPSA) is 52.7 Å². The molecule has 0 saturated heterocycles. The van der Waals surface area contributed by atoms with E-state index in [4.69, 9.17) is 11.6 Å². The molecule has 5 rings (SSSR count). The Morgan fingerprint density at radius 3 is 2.52 bits per heavy atom. The second kappa shape index (κ2) is 5.43. The van der Waals surface area contributed by atoms with Gasteiger partial charge in [0.15, 0.2) is 5.82 Å². The van der Waals surface area contributed by atoms with Crippen molar-refractivity contribution >= 4 is 33.5 Å². The first-order valence-corrected chi connectivity index (χ1v) is 8.71.